The normalized spacial score (nSPS) is 10.4. The fourth-order valence-electron chi connectivity index (χ4n) is 2.11. The number of methoxy groups -OCH3 is 1. The molecule has 1 heterocycles. The SMILES string of the molecule is COC(=O)CCCCCNc1nc(-c2ccc([N+](=O)[O-])cc2)cs1. The molecule has 0 fully saturated rings. The Kier molecular flexibility index (Phi) is 6.68. The van der Waals surface area contributed by atoms with Crippen molar-refractivity contribution in [2.24, 2.45) is 0 Å². The molecular formula is C16H19N3O4S. The number of nitro benzene ring substituents is 1. The Balaban J connectivity index is 1.76. The molecule has 8 heteroatoms. The monoisotopic (exact) mass is 349 g/mol. The number of ether oxygens (including phenoxy) is 1. The van der Waals surface area contributed by atoms with E-state index in [9.17, 15) is 14.9 Å². The molecule has 1 aromatic heterocycles. The van der Waals surface area contributed by atoms with Gasteiger partial charge < -0.3 is 10.1 Å². The highest BCUT2D eigenvalue weighted by molar-refractivity contribution is 7.14. The van der Waals surface area contributed by atoms with Crippen LogP contribution in [0.3, 0.4) is 0 Å². The number of rotatable bonds is 9. The van der Waals surface area contributed by atoms with Crippen molar-refractivity contribution in [2.45, 2.75) is 25.7 Å². The molecular weight excluding hydrogens is 330 g/mol. The molecule has 128 valence electrons. The summed E-state index contributed by atoms with van der Waals surface area (Å²) in [6.07, 6.45) is 3.17. The van der Waals surface area contributed by atoms with Crippen LogP contribution in [-0.2, 0) is 9.53 Å². The van der Waals surface area contributed by atoms with Crippen LogP contribution in [0.4, 0.5) is 10.8 Å². The zero-order valence-corrected chi connectivity index (χ0v) is 14.2. The zero-order chi connectivity index (χ0) is 17.4. The highest BCUT2D eigenvalue weighted by Gasteiger charge is 2.08. The number of benzene rings is 1. The second kappa shape index (κ2) is 8.97. The molecule has 24 heavy (non-hydrogen) atoms. The van der Waals surface area contributed by atoms with E-state index in [-0.39, 0.29) is 11.7 Å². The van der Waals surface area contributed by atoms with E-state index >= 15 is 0 Å². The fraction of sp³-hybridized carbons (Fsp3) is 0.375. The minimum absolute atomic E-state index is 0.0688. The van der Waals surface area contributed by atoms with Crippen molar-refractivity contribution in [3.05, 3.63) is 39.8 Å². The molecule has 0 spiro atoms. The molecule has 0 aliphatic carbocycles. The third kappa shape index (κ3) is 5.31. The summed E-state index contributed by atoms with van der Waals surface area (Å²) in [6, 6.07) is 6.35. The first kappa shape index (κ1) is 17.9. The molecule has 0 saturated heterocycles. The highest BCUT2D eigenvalue weighted by atomic mass is 32.1. The number of nitro groups is 1. The molecule has 2 rings (SSSR count). The van der Waals surface area contributed by atoms with Crippen LogP contribution >= 0.6 is 11.3 Å². The molecule has 2 aromatic rings. The third-order valence-electron chi connectivity index (χ3n) is 3.44. The number of unbranched alkanes of at least 4 members (excludes halogenated alkanes) is 2. The van der Waals surface area contributed by atoms with Gasteiger partial charge >= 0.3 is 5.97 Å². The van der Waals surface area contributed by atoms with Crippen molar-refractivity contribution in [3.63, 3.8) is 0 Å². The van der Waals surface area contributed by atoms with E-state index in [1.165, 1.54) is 30.6 Å². The first-order valence-electron chi connectivity index (χ1n) is 7.61. The van der Waals surface area contributed by atoms with Gasteiger partial charge in [-0.25, -0.2) is 4.98 Å². The first-order valence-corrected chi connectivity index (χ1v) is 8.49. The standard InChI is InChI=1S/C16H19N3O4S/c1-23-15(20)5-3-2-4-10-17-16-18-14(11-24-16)12-6-8-13(9-7-12)19(21)22/h6-9,11H,2-5,10H2,1H3,(H,17,18). The average molecular weight is 349 g/mol. The average Bonchev–Trinajstić information content (AvgIpc) is 3.06. The summed E-state index contributed by atoms with van der Waals surface area (Å²) in [5, 5.41) is 16.6. The molecule has 7 nitrogen and oxygen atoms in total. The van der Waals surface area contributed by atoms with Crippen molar-refractivity contribution < 1.29 is 14.5 Å². The molecule has 0 amide bonds. The molecule has 1 aromatic carbocycles. The van der Waals surface area contributed by atoms with E-state index in [1.54, 1.807) is 12.1 Å². The van der Waals surface area contributed by atoms with E-state index in [0.29, 0.717) is 6.42 Å². The Morgan fingerprint density at radius 3 is 2.71 bits per heavy atom. The number of nitrogens with zero attached hydrogens (tertiary/aromatic N) is 2. The zero-order valence-electron chi connectivity index (χ0n) is 13.4. The number of nitrogens with one attached hydrogen (secondary N) is 1. The summed E-state index contributed by atoms with van der Waals surface area (Å²) in [4.78, 5) is 25.7. The van der Waals surface area contributed by atoms with Gasteiger partial charge in [0.25, 0.3) is 5.69 Å². The maximum absolute atomic E-state index is 11.0. The molecule has 0 saturated carbocycles. The van der Waals surface area contributed by atoms with Gasteiger partial charge in [-0.3, -0.25) is 14.9 Å². The minimum atomic E-state index is -0.419. The summed E-state index contributed by atoms with van der Waals surface area (Å²) in [7, 11) is 1.40. The van der Waals surface area contributed by atoms with Crippen LogP contribution < -0.4 is 5.32 Å². The number of non-ortho nitro benzene ring substituents is 1. The summed E-state index contributed by atoms with van der Waals surface area (Å²) in [6.45, 7) is 0.786. The largest absolute Gasteiger partial charge is 0.469 e. The lowest BCUT2D eigenvalue weighted by atomic mass is 10.1. The van der Waals surface area contributed by atoms with Gasteiger partial charge in [0.05, 0.1) is 17.7 Å². The van der Waals surface area contributed by atoms with Crippen LogP contribution in [0.15, 0.2) is 29.6 Å². The second-order valence-corrected chi connectivity index (χ2v) is 6.01. The number of esters is 1. The van der Waals surface area contributed by atoms with Crippen molar-refractivity contribution in [2.75, 3.05) is 19.0 Å². The second-order valence-electron chi connectivity index (χ2n) is 5.16. The van der Waals surface area contributed by atoms with Gasteiger partial charge in [0, 0.05) is 36.0 Å². The van der Waals surface area contributed by atoms with Gasteiger partial charge in [-0.05, 0) is 25.0 Å². The first-order chi connectivity index (χ1) is 11.6. The summed E-state index contributed by atoms with van der Waals surface area (Å²) in [5.41, 5.74) is 1.71. The van der Waals surface area contributed by atoms with Crippen molar-refractivity contribution in [1.29, 1.82) is 0 Å². The van der Waals surface area contributed by atoms with Gasteiger partial charge in [-0.2, -0.15) is 0 Å². The molecule has 0 bridgehead atoms. The number of carbonyl (C=O) groups is 1. The number of carbonyl (C=O) groups excluding carboxylic acids is 1. The maximum Gasteiger partial charge on any atom is 0.305 e. The van der Waals surface area contributed by atoms with Gasteiger partial charge in [0.2, 0.25) is 0 Å². The number of aromatic nitrogens is 1. The van der Waals surface area contributed by atoms with Gasteiger partial charge in [-0.15, -0.1) is 11.3 Å². The van der Waals surface area contributed by atoms with Crippen LogP contribution in [0.1, 0.15) is 25.7 Å². The third-order valence-corrected chi connectivity index (χ3v) is 4.24. The Morgan fingerprint density at radius 2 is 2.04 bits per heavy atom. The van der Waals surface area contributed by atoms with E-state index in [1.807, 2.05) is 5.38 Å². The van der Waals surface area contributed by atoms with Crippen molar-refractivity contribution >= 4 is 28.1 Å². The summed E-state index contributed by atoms with van der Waals surface area (Å²) >= 11 is 1.50. The molecule has 1 N–H and O–H groups in total. The fourth-order valence-corrected chi connectivity index (χ4v) is 2.86. The maximum atomic E-state index is 11.0. The lowest BCUT2D eigenvalue weighted by Gasteiger charge is -2.02. The summed E-state index contributed by atoms with van der Waals surface area (Å²) < 4.78 is 4.59. The smallest absolute Gasteiger partial charge is 0.305 e. The molecule has 0 atom stereocenters. The molecule has 0 unspecified atom stereocenters. The Hall–Kier alpha value is -2.48. The highest BCUT2D eigenvalue weighted by Crippen LogP contribution is 2.26. The van der Waals surface area contributed by atoms with E-state index in [2.05, 4.69) is 15.0 Å². The predicted molar refractivity (Wildman–Crippen MR) is 93.2 cm³/mol. The molecule has 0 radical (unpaired) electrons. The van der Waals surface area contributed by atoms with E-state index in [0.717, 1.165) is 42.2 Å². The van der Waals surface area contributed by atoms with E-state index in [4.69, 9.17) is 0 Å². The lowest BCUT2D eigenvalue weighted by molar-refractivity contribution is -0.384. The molecule has 0 aliphatic heterocycles. The van der Waals surface area contributed by atoms with E-state index < -0.39 is 4.92 Å². The Labute approximate surface area is 143 Å². The van der Waals surface area contributed by atoms with Crippen molar-refractivity contribution in [1.82, 2.24) is 4.98 Å². The number of hydrogen-bond donors (Lipinski definition) is 1. The summed E-state index contributed by atoms with van der Waals surface area (Å²) in [5.74, 6) is -0.171. The predicted octanol–water partition coefficient (Wildman–Crippen LogP) is 3.86. The van der Waals surface area contributed by atoms with Crippen molar-refractivity contribution in [3.8, 4) is 11.3 Å². The van der Waals surface area contributed by atoms with Crippen LogP contribution in [-0.4, -0.2) is 29.5 Å². The van der Waals surface area contributed by atoms with Gasteiger partial charge in [0.1, 0.15) is 0 Å². The Bertz CT molecular complexity index is 685. The number of thiazole rings is 1. The quantitative estimate of drug-likeness (QED) is 0.320. The van der Waals surface area contributed by atoms with Gasteiger partial charge in [-0.1, -0.05) is 6.42 Å². The van der Waals surface area contributed by atoms with Crippen LogP contribution in [0.25, 0.3) is 11.3 Å². The van der Waals surface area contributed by atoms with Gasteiger partial charge in [0.15, 0.2) is 5.13 Å². The number of anilines is 1. The minimum Gasteiger partial charge on any atom is -0.469 e. The topological polar surface area (TPSA) is 94.4 Å². The number of hydrogen-bond acceptors (Lipinski definition) is 7. The van der Waals surface area contributed by atoms with Crippen LogP contribution in [0, 0.1) is 10.1 Å². The van der Waals surface area contributed by atoms with Crippen LogP contribution in [0.5, 0.6) is 0 Å². The lowest BCUT2D eigenvalue weighted by Crippen LogP contribution is -2.03. The Morgan fingerprint density at radius 1 is 1.29 bits per heavy atom. The molecule has 0 aliphatic rings. The van der Waals surface area contributed by atoms with Crippen LogP contribution in [0.2, 0.25) is 0 Å².